The van der Waals surface area contributed by atoms with E-state index >= 15 is 0 Å². The van der Waals surface area contributed by atoms with Crippen molar-refractivity contribution in [1.29, 1.82) is 0 Å². The highest BCUT2D eigenvalue weighted by atomic mass is 19.1. The second-order valence-electron chi connectivity index (χ2n) is 11.9. The number of aliphatic hydroxyl groups is 5. The first-order valence-corrected chi connectivity index (χ1v) is 16.1. The van der Waals surface area contributed by atoms with Gasteiger partial charge in [0.1, 0.15) is 41.7 Å². The van der Waals surface area contributed by atoms with Crippen molar-refractivity contribution in [2.45, 2.75) is 120 Å². The van der Waals surface area contributed by atoms with E-state index in [1.807, 2.05) is 24.3 Å². The standard InChI is InChI=1S/C34H49F2NO9/c1-22(39)31(41)27(21-44-34-33(43)32(42)30(36)28(20-38)46-34)37-29(40)11-9-7-5-3-2-4-6-8-10-23-12-16-25(17-13-23)45-26-18-14-24(35)15-19-26/h12-19,22,27-28,30-34,38-39,41-43H,2-11,20-21H2,1H3,(H,37,40)/t22-,27+,28?,30-,31-,32?,33?,34+/m1/s1. The molecule has 1 heterocycles. The van der Waals surface area contributed by atoms with Crippen LogP contribution in [0.4, 0.5) is 8.78 Å². The summed E-state index contributed by atoms with van der Waals surface area (Å²) < 4.78 is 43.3. The maximum absolute atomic E-state index is 14.0. The third-order valence-electron chi connectivity index (χ3n) is 8.08. The van der Waals surface area contributed by atoms with Crippen molar-refractivity contribution in [3.05, 3.63) is 59.9 Å². The van der Waals surface area contributed by atoms with Crippen molar-refractivity contribution in [3.8, 4) is 11.5 Å². The molecule has 46 heavy (non-hydrogen) atoms. The molecule has 2 aromatic rings. The molecule has 6 N–H and O–H groups in total. The average Bonchev–Trinajstić information content (AvgIpc) is 3.05. The van der Waals surface area contributed by atoms with Gasteiger partial charge in [-0.05, 0) is 68.1 Å². The third kappa shape index (κ3) is 12.5. The van der Waals surface area contributed by atoms with Crippen LogP contribution in [0.15, 0.2) is 48.5 Å². The Balaban J connectivity index is 1.25. The van der Waals surface area contributed by atoms with Crippen molar-refractivity contribution < 1.29 is 53.3 Å². The molecule has 0 aliphatic carbocycles. The molecule has 1 fully saturated rings. The van der Waals surface area contributed by atoms with Gasteiger partial charge in [-0.25, -0.2) is 8.78 Å². The monoisotopic (exact) mass is 653 g/mol. The number of rotatable bonds is 20. The lowest BCUT2D eigenvalue weighted by molar-refractivity contribution is -0.293. The highest BCUT2D eigenvalue weighted by Gasteiger charge is 2.45. The van der Waals surface area contributed by atoms with Gasteiger partial charge < -0.3 is 45.1 Å². The van der Waals surface area contributed by atoms with E-state index in [0.717, 1.165) is 51.4 Å². The van der Waals surface area contributed by atoms with E-state index in [1.165, 1.54) is 24.6 Å². The number of hydrogen-bond donors (Lipinski definition) is 6. The second-order valence-corrected chi connectivity index (χ2v) is 11.9. The summed E-state index contributed by atoms with van der Waals surface area (Å²) in [5, 5.41) is 52.1. The average molecular weight is 654 g/mol. The topological polar surface area (TPSA) is 158 Å². The predicted molar refractivity (Wildman–Crippen MR) is 166 cm³/mol. The normalized spacial score (nSPS) is 23.4. The van der Waals surface area contributed by atoms with Gasteiger partial charge in [0, 0.05) is 6.42 Å². The fraction of sp³-hybridized carbons (Fsp3) is 0.618. The summed E-state index contributed by atoms with van der Waals surface area (Å²) in [5.41, 5.74) is 1.24. The Morgan fingerprint density at radius 1 is 0.891 bits per heavy atom. The number of benzene rings is 2. The van der Waals surface area contributed by atoms with Crippen LogP contribution in [0.3, 0.4) is 0 Å². The largest absolute Gasteiger partial charge is 0.457 e. The number of nitrogens with one attached hydrogen (secondary N) is 1. The summed E-state index contributed by atoms with van der Waals surface area (Å²) in [6.07, 6.45) is -1.85. The van der Waals surface area contributed by atoms with Crippen LogP contribution in [-0.4, -0.2) is 93.7 Å². The zero-order chi connectivity index (χ0) is 33.5. The maximum atomic E-state index is 14.0. The number of aryl methyl sites for hydroxylation is 1. The van der Waals surface area contributed by atoms with E-state index < -0.39 is 62.2 Å². The van der Waals surface area contributed by atoms with E-state index in [9.17, 15) is 39.1 Å². The molecule has 12 heteroatoms. The quantitative estimate of drug-likeness (QED) is 0.117. The Bertz CT molecular complexity index is 1140. The van der Waals surface area contributed by atoms with E-state index in [-0.39, 0.29) is 18.1 Å². The van der Waals surface area contributed by atoms with Crippen LogP contribution in [0.5, 0.6) is 11.5 Å². The minimum Gasteiger partial charge on any atom is -0.457 e. The first-order chi connectivity index (χ1) is 22.1. The highest BCUT2D eigenvalue weighted by Crippen LogP contribution is 2.25. The van der Waals surface area contributed by atoms with Gasteiger partial charge in [-0.15, -0.1) is 0 Å². The maximum Gasteiger partial charge on any atom is 0.220 e. The number of halogens is 2. The van der Waals surface area contributed by atoms with Gasteiger partial charge in [0.15, 0.2) is 12.5 Å². The van der Waals surface area contributed by atoms with Gasteiger partial charge in [0.25, 0.3) is 0 Å². The first-order valence-electron chi connectivity index (χ1n) is 16.1. The molecule has 258 valence electrons. The molecule has 3 unspecified atom stereocenters. The molecule has 8 atom stereocenters. The summed E-state index contributed by atoms with van der Waals surface area (Å²) in [6, 6.07) is 12.8. The van der Waals surface area contributed by atoms with Crippen LogP contribution in [0.25, 0.3) is 0 Å². The van der Waals surface area contributed by atoms with Crippen LogP contribution >= 0.6 is 0 Å². The lowest BCUT2D eigenvalue weighted by Gasteiger charge is -2.39. The van der Waals surface area contributed by atoms with Gasteiger partial charge in [-0.3, -0.25) is 4.79 Å². The number of amides is 1. The molecule has 3 rings (SSSR count). The molecular formula is C34H49F2NO9. The fourth-order valence-electron chi connectivity index (χ4n) is 5.26. The van der Waals surface area contributed by atoms with Gasteiger partial charge in [-0.1, -0.05) is 50.7 Å². The minimum absolute atomic E-state index is 0.216. The van der Waals surface area contributed by atoms with Crippen molar-refractivity contribution in [2.24, 2.45) is 0 Å². The molecule has 0 saturated carbocycles. The number of alkyl halides is 1. The van der Waals surface area contributed by atoms with E-state index in [0.29, 0.717) is 17.9 Å². The van der Waals surface area contributed by atoms with Gasteiger partial charge in [-0.2, -0.15) is 0 Å². The van der Waals surface area contributed by atoms with Gasteiger partial charge in [0.05, 0.1) is 25.4 Å². The fourth-order valence-corrected chi connectivity index (χ4v) is 5.26. The van der Waals surface area contributed by atoms with Crippen molar-refractivity contribution in [2.75, 3.05) is 13.2 Å². The molecule has 1 saturated heterocycles. The molecule has 0 aromatic heterocycles. The molecule has 2 aromatic carbocycles. The van der Waals surface area contributed by atoms with E-state index in [2.05, 4.69) is 5.32 Å². The van der Waals surface area contributed by atoms with Gasteiger partial charge >= 0.3 is 0 Å². The Morgan fingerprint density at radius 2 is 1.46 bits per heavy atom. The van der Waals surface area contributed by atoms with Crippen molar-refractivity contribution in [1.82, 2.24) is 5.32 Å². The van der Waals surface area contributed by atoms with E-state index in [1.54, 1.807) is 12.1 Å². The van der Waals surface area contributed by atoms with Gasteiger partial charge in [0.2, 0.25) is 5.91 Å². The molecule has 1 amide bonds. The molecule has 0 spiro atoms. The molecule has 0 bridgehead atoms. The Labute approximate surface area is 269 Å². The Kier molecular flexibility index (Phi) is 16.3. The lowest BCUT2D eigenvalue weighted by atomic mass is 10.0. The number of unbranched alkanes of at least 4 members (excludes halogenated alkanes) is 7. The van der Waals surface area contributed by atoms with E-state index in [4.69, 9.17) is 14.2 Å². The smallest absolute Gasteiger partial charge is 0.220 e. The molecule has 0 radical (unpaired) electrons. The number of aliphatic hydroxyl groups excluding tert-OH is 5. The predicted octanol–water partition coefficient (Wildman–Crippen LogP) is 3.69. The first kappa shape index (κ1) is 37.7. The number of ether oxygens (including phenoxy) is 3. The zero-order valence-electron chi connectivity index (χ0n) is 26.3. The minimum atomic E-state index is -2.01. The molecule has 1 aliphatic rings. The Hall–Kier alpha value is -2.71. The molecule has 1 aliphatic heterocycles. The summed E-state index contributed by atoms with van der Waals surface area (Å²) in [7, 11) is 0. The molecular weight excluding hydrogens is 604 g/mol. The van der Waals surface area contributed by atoms with Crippen LogP contribution in [0.2, 0.25) is 0 Å². The highest BCUT2D eigenvalue weighted by molar-refractivity contribution is 5.76. The number of hydrogen-bond acceptors (Lipinski definition) is 9. The SMILES string of the molecule is C[C@@H](O)[C@@H](O)[C@H](CO[C@H]1OC(CO)[C@@H](F)C(O)C1O)NC(=O)CCCCCCCCCCc1ccc(Oc2ccc(F)cc2)cc1. The van der Waals surface area contributed by atoms with Crippen LogP contribution in [0, 0.1) is 5.82 Å². The summed E-state index contributed by atoms with van der Waals surface area (Å²) in [4.78, 5) is 12.5. The van der Waals surface area contributed by atoms with Crippen LogP contribution < -0.4 is 10.1 Å². The van der Waals surface area contributed by atoms with Crippen molar-refractivity contribution >= 4 is 5.91 Å². The number of carbonyl (C=O) groups excluding carboxylic acids is 1. The molecule has 10 nitrogen and oxygen atoms in total. The zero-order valence-corrected chi connectivity index (χ0v) is 26.3. The third-order valence-corrected chi connectivity index (χ3v) is 8.08. The second kappa shape index (κ2) is 19.8. The van der Waals surface area contributed by atoms with Crippen LogP contribution in [-0.2, 0) is 20.7 Å². The number of carbonyl (C=O) groups is 1. The van der Waals surface area contributed by atoms with Crippen LogP contribution in [0.1, 0.15) is 70.3 Å². The lowest BCUT2D eigenvalue weighted by Crippen LogP contribution is -2.59. The summed E-state index contributed by atoms with van der Waals surface area (Å²) in [5.74, 6) is 0.659. The summed E-state index contributed by atoms with van der Waals surface area (Å²) >= 11 is 0. The Morgan fingerprint density at radius 3 is 2.04 bits per heavy atom. The van der Waals surface area contributed by atoms with Crippen molar-refractivity contribution in [3.63, 3.8) is 0 Å². The summed E-state index contributed by atoms with van der Waals surface area (Å²) in [6.45, 7) is 0.217.